The highest BCUT2D eigenvalue weighted by atomic mass is 32.2. The fourth-order valence-electron chi connectivity index (χ4n) is 4.17. The van der Waals surface area contributed by atoms with Gasteiger partial charge in [0.1, 0.15) is 5.75 Å². The number of ether oxygens (including phenoxy) is 1. The number of fused-ring (bicyclic) bond motifs is 4. The Labute approximate surface area is 177 Å². The monoisotopic (exact) mass is 422 g/mol. The Morgan fingerprint density at radius 2 is 2.07 bits per heavy atom. The summed E-state index contributed by atoms with van der Waals surface area (Å²) in [5.41, 5.74) is 4.59. The molecule has 2 aromatic carbocycles. The average Bonchev–Trinajstić information content (AvgIpc) is 3.30. The number of carbonyl (C=O) groups is 1. The Balaban J connectivity index is 1.41. The van der Waals surface area contributed by atoms with Crippen LogP contribution in [0.15, 0.2) is 46.8 Å². The van der Waals surface area contributed by atoms with E-state index in [0.29, 0.717) is 12.4 Å². The van der Waals surface area contributed by atoms with Crippen molar-refractivity contribution in [1.29, 1.82) is 0 Å². The first-order chi connectivity index (χ1) is 14.2. The Morgan fingerprint density at radius 1 is 1.21 bits per heavy atom. The summed E-state index contributed by atoms with van der Waals surface area (Å²) in [6.07, 6.45) is 4.42. The van der Waals surface area contributed by atoms with E-state index in [0.717, 1.165) is 45.1 Å². The highest BCUT2D eigenvalue weighted by Crippen LogP contribution is 2.34. The molecular formula is C23H22N2O2S2. The van der Waals surface area contributed by atoms with E-state index in [-0.39, 0.29) is 5.91 Å². The lowest BCUT2D eigenvalue weighted by Crippen LogP contribution is -2.18. The predicted octanol–water partition coefficient (Wildman–Crippen LogP) is 5.96. The van der Waals surface area contributed by atoms with Gasteiger partial charge in [-0.25, -0.2) is 4.98 Å². The van der Waals surface area contributed by atoms with Crippen LogP contribution in [0.4, 0.5) is 0 Å². The van der Waals surface area contributed by atoms with Crippen molar-refractivity contribution in [2.45, 2.75) is 36.9 Å². The van der Waals surface area contributed by atoms with Gasteiger partial charge in [-0.1, -0.05) is 30.0 Å². The largest absolute Gasteiger partial charge is 0.494 e. The molecule has 0 amide bonds. The number of para-hydroxylation sites is 1. The van der Waals surface area contributed by atoms with Gasteiger partial charge in [-0.05, 0) is 62.4 Å². The SMILES string of the molecule is CCOc1ccc2nc(SCC(=O)n3c4c(c5ccccc53)CCCC4)sc2c1. The normalized spacial score (nSPS) is 13.7. The van der Waals surface area contributed by atoms with Crippen molar-refractivity contribution in [3.8, 4) is 5.75 Å². The molecule has 5 rings (SSSR count). The first-order valence-electron chi connectivity index (χ1n) is 10.0. The number of thioether (sulfide) groups is 1. The highest BCUT2D eigenvalue weighted by Gasteiger charge is 2.23. The van der Waals surface area contributed by atoms with Crippen LogP contribution in [-0.4, -0.2) is 27.8 Å². The lowest BCUT2D eigenvalue weighted by molar-refractivity contribution is 0.0943. The molecule has 0 aliphatic heterocycles. The molecule has 0 atom stereocenters. The fourth-order valence-corrected chi connectivity index (χ4v) is 6.12. The second-order valence-electron chi connectivity index (χ2n) is 7.21. The molecule has 1 aliphatic carbocycles. The van der Waals surface area contributed by atoms with Crippen LogP contribution in [0.1, 0.15) is 35.8 Å². The number of nitrogens with zero attached hydrogens (tertiary/aromatic N) is 2. The van der Waals surface area contributed by atoms with Gasteiger partial charge in [-0.15, -0.1) is 11.3 Å². The van der Waals surface area contributed by atoms with E-state index in [4.69, 9.17) is 4.74 Å². The van der Waals surface area contributed by atoms with Crippen LogP contribution in [0, 0.1) is 0 Å². The third-order valence-electron chi connectivity index (χ3n) is 5.40. The standard InChI is InChI=1S/C23H22N2O2S2/c1-2-27-15-11-12-18-21(13-15)29-23(24-18)28-14-22(26)25-19-9-5-3-7-16(19)17-8-4-6-10-20(17)25/h3,5,7,9,11-13H,2,4,6,8,10,14H2,1H3. The van der Waals surface area contributed by atoms with Gasteiger partial charge >= 0.3 is 0 Å². The molecule has 148 valence electrons. The molecule has 1 aliphatic rings. The zero-order chi connectivity index (χ0) is 19.8. The van der Waals surface area contributed by atoms with Gasteiger partial charge in [0, 0.05) is 11.1 Å². The summed E-state index contributed by atoms with van der Waals surface area (Å²) < 4.78 is 9.56. The van der Waals surface area contributed by atoms with Crippen LogP contribution in [0.5, 0.6) is 5.75 Å². The third-order valence-corrected chi connectivity index (χ3v) is 7.54. The number of thiazole rings is 1. The topological polar surface area (TPSA) is 44.1 Å². The van der Waals surface area contributed by atoms with Crippen LogP contribution in [0.2, 0.25) is 0 Å². The summed E-state index contributed by atoms with van der Waals surface area (Å²) >= 11 is 3.15. The van der Waals surface area contributed by atoms with Gasteiger partial charge in [0.25, 0.3) is 0 Å². The summed E-state index contributed by atoms with van der Waals surface area (Å²) in [6.45, 7) is 2.63. The minimum atomic E-state index is 0.142. The molecule has 0 spiro atoms. The molecule has 6 heteroatoms. The Morgan fingerprint density at radius 3 is 2.97 bits per heavy atom. The maximum atomic E-state index is 13.2. The van der Waals surface area contributed by atoms with Crippen LogP contribution in [0.3, 0.4) is 0 Å². The van der Waals surface area contributed by atoms with Crippen LogP contribution >= 0.6 is 23.1 Å². The van der Waals surface area contributed by atoms with Gasteiger partial charge in [0.05, 0.1) is 28.1 Å². The van der Waals surface area contributed by atoms with E-state index in [1.54, 1.807) is 11.3 Å². The van der Waals surface area contributed by atoms with Gasteiger partial charge in [-0.3, -0.25) is 9.36 Å². The summed E-state index contributed by atoms with van der Waals surface area (Å²) in [6, 6.07) is 14.3. The first kappa shape index (κ1) is 18.7. The second kappa shape index (κ2) is 7.84. The minimum absolute atomic E-state index is 0.142. The number of benzene rings is 2. The Bertz CT molecular complexity index is 1210. The number of rotatable bonds is 5. The maximum absolute atomic E-state index is 13.2. The molecule has 0 saturated heterocycles. The van der Waals surface area contributed by atoms with Gasteiger partial charge in [0.15, 0.2) is 4.34 Å². The van der Waals surface area contributed by atoms with Crippen molar-refractivity contribution in [2.75, 3.05) is 12.4 Å². The molecule has 0 unspecified atom stereocenters. The fraction of sp³-hybridized carbons (Fsp3) is 0.304. The van der Waals surface area contributed by atoms with E-state index >= 15 is 0 Å². The molecule has 4 nitrogen and oxygen atoms in total. The van der Waals surface area contributed by atoms with Crippen molar-refractivity contribution in [2.24, 2.45) is 0 Å². The molecule has 2 aromatic heterocycles. The van der Waals surface area contributed by atoms with Crippen molar-refractivity contribution < 1.29 is 9.53 Å². The van der Waals surface area contributed by atoms with Gasteiger partial charge in [0.2, 0.25) is 5.91 Å². The first-order valence-corrected chi connectivity index (χ1v) is 11.9. The van der Waals surface area contributed by atoms with Crippen LogP contribution in [0.25, 0.3) is 21.1 Å². The third kappa shape index (κ3) is 3.45. The zero-order valence-corrected chi connectivity index (χ0v) is 17.9. The number of aromatic nitrogens is 2. The Kier molecular flexibility index (Phi) is 5.06. The van der Waals surface area contributed by atoms with E-state index in [1.165, 1.54) is 34.8 Å². The van der Waals surface area contributed by atoms with Crippen molar-refractivity contribution >= 4 is 50.1 Å². The number of aryl methyl sites for hydroxylation is 1. The molecule has 0 N–H and O–H groups in total. The maximum Gasteiger partial charge on any atom is 0.241 e. The van der Waals surface area contributed by atoms with Crippen LogP contribution in [-0.2, 0) is 12.8 Å². The summed E-state index contributed by atoms with van der Waals surface area (Å²) in [5, 5.41) is 1.24. The molecule has 0 saturated carbocycles. The summed E-state index contributed by atoms with van der Waals surface area (Å²) in [5.74, 6) is 1.40. The second-order valence-corrected chi connectivity index (χ2v) is 9.46. The van der Waals surface area contributed by atoms with Crippen molar-refractivity contribution in [3.63, 3.8) is 0 Å². The molecular weight excluding hydrogens is 400 g/mol. The van der Waals surface area contributed by atoms with Crippen molar-refractivity contribution in [3.05, 3.63) is 53.7 Å². The Hall–Kier alpha value is -2.31. The molecule has 29 heavy (non-hydrogen) atoms. The molecule has 0 fully saturated rings. The zero-order valence-electron chi connectivity index (χ0n) is 16.3. The number of hydrogen-bond acceptors (Lipinski definition) is 5. The van der Waals surface area contributed by atoms with Gasteiger partial charge < -0.3 is 4.74 Å². The van der Waals surface area contributed by atoms with Crippen molar-refractivity contribution in [1.82, 2.24) is 9.55 Å². The lowest BCUT2D eigenvalue weighted by atomic mass is 9.96. The lowest BCUT2D eigenvalue weighted by Gasteiger charge is -2.14. The predicted molar refractivity (Wildman–Crippen MR) is 121 cm³/mol. The summed E-state index contributed by atoms with van der Waals surface area (Å²) in [4.78, 5) is 17.9. The summed E-state index contributed by atoms with van der Waals surface area (Å²) in [7, 11) is 0. The van der Waals surface area contributed by atoms with E-state index < -0.39 is 0 Å². The highest BCUT2D eigenvalue weighted by molar-refractivity contribution is 8.01. The average molecular weight is 423 g/mol. The van der Waals surface area contributed by atoms with E-state index in [1.807, 2.05) is 35.8 Å². The van der Waals surface area contributed by atoms with Crippen LogP contribution < -0.4 is 4.74 Å². The van der Waals surface area contributed by atoms with E-state index in [9.17, 15) is 4.79 Å². The molecule has 0 radical (unpaired) electrons. The minimum Gasteiger partial charge on any atom is -0.494 e. The molecule has 0 bridgehead atoms. The quantitative estimate of drug-likeness (QED) is 0.372. The van der Waals surface area contributed by atoms with E-state index in [2.05, 4.69) is 23.2 Å². The van der Waals surface area contributed by atoms with Gasteiger partial charge in [-0.2, -0.15) is 0 Å². The smallest absolute Gasteiger partial charge is 0.241 e. The molecule has 2 heterocycles. The number of carbonyl (C=O) groups excluding carboxylic acids is 1. The number of hydrogen-bond donors (Lipinski definition) is 0. The molecule has 4 aromatic rings.